The van der Waals surface area contributed by atoms with Gasteiger partial charge >= 0.3 is 0 Å². The summed E-state index contributed by atoms with van der Waals surface area (Å²) < 4.78 is 0. The molecule has 6 aromatic heterocycles. The van der Waals surface area contributed by atoms with Crippen molar-refractivity contribution in [3.05, 3.63) is 162 Å². The van der Waals surface area contributed by atoms with Gasteiger partial charge in [0.25, 0.3) is 0 Å². The van der Waals surface area contributed by atoms with Crippen LogP contribution in [0.1, 0.15) is 39.1 Å². The van der Waals surface area contributed by atoms with Gasteiger partial charge in [-0.25, -0.2) is 9.97 Å². The maximum Gasteiger partial charge on any atom is 0.174 e. The molecule has 224 valence electrons. The number of benzene rings is 1. The first kappa shape index (κ1) is 26.0. The fraction of sp³-hybridized carbons (Fsp3) is 0.108. The summed E-state index contributed by atoms with van der Waals surface area (Å²) in [7, 11) is 2.06. The molecule has 0 atom stereocenters. The topological polar surface area (TPSA) is 112 Å². The summed E-state index contributed by atoms with van der Waals surface area (Å²) in [6.45, 7) is 0.567. The van der Waals surface area contributed by atoms with Crippen molar-refractivity contribution in [1.82, 2.24) is 40.1 Å². The van der Waals surface area contributed by atoms with E-state index in [9.17, 15) is 0 Å². The summed E-state index contributed by atoms with van der Waals surface area (Å²) in [5.74, 6) is 1.63. The lowest BCUT2D eigenvalue weighted by Crippen LogP contribution is -2.48. The number of anilines is 2. The molecule has 0 spiro atoms. The van der Waals surface area contributed by atoms with Crippen molar-refractivity contribution in [2.75, 3.05) is 23.5 Å². The molecule has 0 saturated heterocycles. The van der Waals surface area contributed by atoms with Crippen molar-refractivity contribution < 1.29 is 0 Å². The predicted molar refractivity (Wildman–Crippen MR) is 177 cm³/mol. The molecular formula is C37H26N10. The fourth-order valence-corrected chi connectivity index (χ4v) is 8.33. The quantitative estimate of drug-likeness (QED) is 0.283. The van der Waals surface area contributed by atoms with Crippen LogP contribution in [0.15, 0.2) is 123 Å². The highest BCUT2D eigenvalue weighted by molar-refractivity contribution is 5.88. The van der Waals surface area contributed by atoms with Crippen LogP contribution in [-0.2, 0) is 11.0 Å². The van der Waals surface area contributed by atoms with Crippen LogP contribution in [0.3, 0.4) is 0 Å². The average molecular weight is 611 g/mol. The maximum absolute atomic E-state index is 4.92. The zero-order valence-electron chi connectivity index (χ0n) is 25.3. The molecular weight excluding hydrogens is 584 g/mol. The number of hydrogen-bond donors (Lipinski definition) is 1. The Morgan fingerprint density at radius 3 is 1.74 bits per heavy atom. The van der Waals surface area contributed by atoms with Crippen LogP contribution in [0.4, 0.5) is 11.6 Å². The number of H-pyrrole nitrogens is 1. The third kappa shape index (κ3) is 3.16. The lowest BCUT2D eigenvalue weighted by molar-refractivity contribution is 0.574. The van der Waals surface area contributed by atoms with Gasteiger partial charge in [0.2, 0.25) is 0 Å². The summed E-state index contributed by atoms with van der Waals surface area (Å²) in [6, 6.07) is 19.3. The SMILES string of the molecule is CN1CN(C2(c3cccc(C4(c5ccn[nH]5)c5cnccc5-c5ccncc54)c3)c3cnccc3-c3ccncc32)c2nccnc21. The lowest BCUT2D eigenvalue weighted by atomic mass is 9.69. The number of nitrogens with zero attached hydrogens (tertiary/aromatic N) is 9. The molecule has 0 unspecified atom stereocenters. The minimum Gasteiger partial charge on any atom is -0.339 e. The largest absolute Gasteiger partial charge is 0.339 e. The van der Waals surface area contributed by atoms with E-state index in [1.54, 1.807) is 12.4 Å². The lowest BCUT2D eigenvalue weighted by Gasteiger charge is -2.42. The summed E-state index contributed by atoms with van der Waals surface area (Å²) in [4.78, 5) is 32.8. The number of hydrogen-bond acceptors (Lipinski definition) is 9. The van der Waals surface area contributed by atoms with Gasteiger partial charge in [-0.1, -0.05) is 24.3 Å². The molecule has 10 heteroatoms. The van der Waals surface area contributed by atoms with E-state index in [2.05, 4.69) is 91.6 Å². The number of fused-ring (bicyclic) bond motifs is 7. The van der Waals surface area contributed by atoms with Crippen LogP contribution in [-0.4, -0.2) is 53.8 Å². The molecule has 10 rings (SSSR count). The van der Waals surface area contributed by atoms with Crippen LogP contribution in [0.25, 0.3) is 22.3 Å². The Hall–Kier alpha value is -6.29. The van der Waals surface area contributed by atoms with Crippen LogP contribution < -0.4 is 9.80 Å². The predicted octanol–water partition coefficient (Wildman–Crippen LogP) is 5.33. The Bertz CT molecular complexity index is 2260. The molecule has 0 amide bonds. The summed E-state index contributed by atoms with van der Waals surface area (Å²) in [5.41, 5.74) is 10.3. The van der Waals surface area contributed by atoms with E-state index >= 15 is 0 Å². The number of aromatic nitrogens is 8. The minimum absolute atomic E-state index is 0.567. The van der Waals surface area contributed by atoms with Gasteiger partial charge in [0.1, 0.15) is 5.54 Å². The molecule has 7 aromatic rings. The number of pyridine rings is 4. The van der Waals surface area contributed by atoms with Crippen LogP contribution in [0.2, 0.25) is 0 Å². The highest BCUT2D eigenvalue weighted by Gasteiger charge is 2.54. The highest BCUT2D eigenvalue weighted by atomic mass is 15.4. The second kappa shape index (κ2) is 9.37. The van der Waals surface area contributed by atoms with Gasteiger partial charge in [-0.05, 0) is 74.8 Å². The van der Waals surface area contributed by atoms with Gasteiger partial charge in [0.15, 0.2) is 11.6 Å². The highest BCUT2D eigenvalue weighted by Crippen LogP contribution is 2.59. The molecule has 7 heterocycles. The molecule has 10 nitrogen and oxygen atoms in total. The first-order chi connectivity index (χ1) is 23.2. The normalized spacial score (nSPS) is 15.9. The Balaban J connectivity index is 1.32. The molecule has 1 aromatic carbocycles. The van der Waals surface area contributed by atoms with E-state index in [4.69, 9.17) is 19.9 Å². The summed E-state index contributed by atoms with van der Waals surface area (Å²) >= 11 is 0. The minimum atomic E-state index is -0.817. The van der Waals surface area contributed by atoms with E-state index in [0.717, 1.165) is 73.0 Å². The van der Waals surface area contributed by atoms with E-state index < -0.39 is 11.0 Å². The summed E-state index contributed by atoms with van der Waals surface area (Å²) in [5, 5.41) is 7.78. The molecule has 0 fully saturated rings. The van der Waals surface area contributed by atoms with Crippen molar-refractivity contribution in [3.63, 3.8) is 0 Å². The first-order valence-electron chi connectivity index (χ1n) is 15.4. The van der Waals surface area contributed by atoms with E-state index in [-0.39, 0.29) is 0 Å². The van der Waals surface area contributed by atoms with E-state index in [1.807, 2.05) is 55.8 Å². The van der Waals surface area contributed by atoms with Crippen molar-refractivity contribution in [1.29, 1.82) is 0 Å². The van der Waals surface area contributed by atoms with Gasteiger partial charge in [0.05, 0.1) is 17.8 Å². The van der Waals surface area contributed by atoms with Crippen molar-refractivity contribution in [2.24, 2.45) is 0 Å². The standard InChI is InChI=1S/C37H26N10/c1-46-22-47(35-34(46)42-15-16-43-35)37(31-20-40-12-7-27(31)28-8-13-41-21-32(28)37)24-4-2-3-23(17-24)36(33-9-14-44-45-33)29-18-38-10-5-25(29)26-6-11-39-19-30(26)36/h2-21H,22H2,1H3,(H,44,45). The first-order valence-corrected chi connectivity index (χ1v) is 15.4. The zero-order valence-corrected chi connectivity index (χ0v) is 25.3. The van der Waals surface area contributed by atoms with Gasteiger partial charge in [-0.3, -0.25) is 25.0 Å². The third-order valence-electron chi connectivity index (χ3n) is 10.1. The monoisotopic (exact) mass is 610 g/mol. The molecule has 0 radical (unpaired) electrons. The molecule has 0 saturated carbocycles. The number of nitrogens with one attached hydrogen (secondary N) is 1. The van der Waals surface area contributed by atoms with Gasteiger partial charge in [-0.15, -0.1) is 0 Å². The molecule has 3 aliphatic rings. The number of aromatic amines is 1. The Kier molecular flexibility index (Phi) is 5.18. The van der Waals surface area contributed by atoms with Gasteiger partial charge in [-0.2, -0.15) is 5.10 Å². The van der Waals surface area contributed by atoms with Gasteiger partial charge < -0.3 is 9.80 Å². The van der Waals surface area contributed by atoms with Crippen LogP contribution in [0, 0.1) is 0 Å². The zero-order chi connectivity index (χ0) is 31.2. The Morgan fingerprint density at radius 2 is 1.15 bits per heavy atom. The van der Waals surface area contributed by atoms with Crippen molar-refractivity contribution in [2.45, 2.75) is 11.0 Å². The van der Waals surface area contributed by atoms with Crippen LogP contribution >= 0.6 is 0 Å². The molecule has 2 aliphatic carbocycles. The van der Waals surface area contributed by atoms with Crippen molar-refractivity contribution in [3.8, 4) is 22.3 Å². The van der Waals surface area contributed by atoms with E-state index in [1.165, 1.54) is 0 Å². The molecule has 47 heavy (non-hydrogen) atoms. The fourth-order valence-electron chi connectivity index (χ4n) is 8.33. The Labute approximate surface area is 269 Å². The second-order valence-corrected chi connectivity index (χ2v) is 12.2. The smallest absolute Gasteiger partial charge is 0.174 e. The average Bonchev–Trinajstić information content (AvgIpc) is 3.91. The Morgan fingerprint density at radius 1 is 0.596 bits per heavy atom. The van der Waals surface area contributed by atoms with Crippen LogP contribution in [0.5, 0.6) is 0 Å². The molecule has 0 bridgehead atoms. The number of rotatable bonds is 4. The second-order valence-electron chi connectivity index (χ2n) is 12.2. The summed E-state index contributed by atoms with van der Waals surface area (Å²) in [6.07, 6.45) is 20.7. The third-order valence-corrected chi connectivity index (χ3v) is 10.1. The maximum atomic E-state index is 4.92. The van der Waals surface area contributed by atoms with E-state index in [0.29, 0.717) is 6.67 Å². The molecule has 1 N–H and O–H groups in total. The molecule has 1 aliphatic heterocycles. The van der Waals surface area contributed by atoms with Gasteiger partial charge in [0, 0.05) is 86.3 Å². The van der Waals surface area contributed by atoms with Crippen molar-refractivity contribution >= 4 is 11.6 Å².